The molecule has 5 heteroatoms. The van der Waals surface area contributed by atoms with Gasteiger partial charge < -0.3 is 14.8 Å². The Kier molecular flexibility index (Phi) is 4.03. The second-order valence-corrected chi connectivity index (χ2v) is 10.2. The summed E-state index contributed by atoms with van der Waals surface area (Å²) in [5, 5.41) is 6.04. The van der Waals surface area contributed by atoms with Gasteiger partial charge in [-0.3, -0.25) is 4.79 Å². The number of ketones is 1. The summed E-state index contributed by atoms with van der Waals surface area (Å²) in [4.78, 5) is 13.5. The molecule has 6 rings (SSSR count). The van der Waals surface area contributed by atoms with Crippen LogP contribution in [0.2, 0.25) is 0 Å². The fourth-order valence-corrected chi connectivity index (χ4v) is 5.78. The number of hydrogen-bond donors (Lipinski definition) is 1. The SMILES string of the molecule is CC1(C)CC(=O)C2=C(C1)Nc1c(ccc3ccccc13)C2c1cc2c(cc1Br)OCO2. The van der Waals surface area contributed by atoms with E-state index in [1.807, 2.05) is 12.1 Å². The van der Waals surface area contributed by atoms with Crippen molar-refractivity contribution >= 4 is 38.2 Å². The van der Waals surface area contributed by atoms with E-state index in [-0.39, 0.29) is 23.9 Å². The second-order valence-electron chi connectivity index (χ2n) is 9.37. The number of ether oxygens (including phenoxy) is 2. The monoisotopic (exact) mass is 475 g/mol. The van der Waals surface area contributed by atoms with Crippen LogP contribution in [0.5, 0.6) is 11.5 Å². The summed E-state index contributed by atoms with van der Waals surface area (Å²) in [6.07, 6.45) is 1.39. The zero-order valence-electron chi connectivity index (χ0n) is 17.4. The molecule has 1 aliphatic carbocycles. The molecule has 3 aromatic rings. The number of anilines is 1. The molecule has 1 atom stereocenters. The van der Waals surface area contributed by atoms with E-state index in [0.717, 1.165) is 50.5 Å². The summed E-state index contributed by atoms with van der Waals surface area (Å²) in [5.41, 5.74) is 5.09. The molecule has 0 bridgehead atoms. The lowest BCUT2D eigenvalue weighted by Crippen LogP contribution is -2.34. The highest BCUT2D eigenvalue weighted by Gasteiger charge is 2.41. The highest BCUT2D eigenvalue weighted by atomic mass is 79.9. The maximum absolute atomic E-state index is 13.5. The molecule has 0 aromatic heterocycles. The number of nitrogens with one attached hydrogen (secondary N) is 1. The molecule has 3 aliphatic rings. The van der Waals surface area contributed by atoms with E-state index in [0.29, 0.717) is 6.42 Å². The van der Waals surface area contributed by atoms with Gasteiger partial charge in [0.25, 0.3) is 0 Å². The van der Waals surface area contributed by atoms with Gasteiger partial charge in [-0.15, -0.1) is 0 Å². The fraction of sp³-hybridized carbons (Fsp3) is 0.269. The lowest BCUT2D eigenvalue weighted by Gasteiger charge is -2.40. The lowest BCUT2D eigenvalue weighted by molar-refractivity contribution is -0.118. The third-order valence-electron chi connectivity index (χ3n) is 6.56. The average Bonchev–Trinajstić information content (AvgIpc) is 3.18. The molecule has 2 aliphatic heterocycles. The molecule has 2 heterocycles. The Bertz CT molecular complexity index is 1310. The highest BCUT2D eigenvalue weighted by molar-refractivity contribution is 9.10. The summed E-state index contributed by atoms with van der Waals surface area (Å²) in [7, 11) is 0. The molecule has 0 amide bonds. The van der Waals surface area contributed by atoms with Gasteiger partial charge in [-0.2, -0.15) is 0 Å². The molecule has 156 valence electrons. The third-order valence-corrected chi connectivity index (χ3v) is 7.25. The summed E-state index contributed by atoms with van der Waals surface area (Å²) >= 11 is 3.76. The molecule has 0 saturated carbocycles. The van der Waals surface area contributed by atoms with Crippen molar-refractivity contribution in [2.24, 2.45) is 5.41 Å². The summed E-state index contributed by atoms with van der Waals surface area (Å²) < 4.78 is 12.2. The molecule has 3 aromatic carbocycles. The fourth-order valence-electron chi connectivity index (χ4n) is 5.23. The van der Waals surface area contributed by atoms with Crippen LogP contribution < -0.4 is 14.8 Å². The van der Waals surface area contributed by atoms with Crippen LogP contribution in [0.25, 0.3) is 10.8 Å². The average molecular weight is 476 g/mol. The van der Waals surface area contributed by atoms with Crippen LogP contribution in [0.1, 0.15) is 43.7 Å². The van der Waals surface area contributed by atoms with Gasteiger partial charge >= 0.3 is 0 Å². The van der Waals surface area contributed by atoms with Crippen molar-refractivity contribution in [1.29, 1.82) is 0 Å². The first-order chi connectivity index (χ1) is 14.9. The van der Waals surface area contributed by atoms with Crippen molar-refractivity contribution in [3.63, 3.8) is 0 Å². The van der Waals surface area contributed by atoms with Crippen molar-refractivity contribution in [1.82, 2.24) is 0 Å². The lowest BCUT2D eigenvalue weighted by atomic mass is 9.68. The standard InChI is InChI=1S/C26H22BrNO3/c1-26(2)11-19-24(20(29)12-26)23(17-9-21-22(10-18(17)27)31-13-30-21)16-8-7-14-5-3-4-6-15(14)25(16)28-19/h3-10,23,28H,11-13H2,1-2H3. The Labute approximate surface area is 189 Å². The molecule has 0 spiro atoms. The summed E-state index contributed by atoms with van der Waals surface area (Å²) in [6, 6.07) is 16.7. The number of fused-ring (bicyclic) bond motifs is 4. The van der Waals surface area contributed by atoms with E-state index in [4.69, 9.17) is 9.47 Å². The number of halogens is 1. The molecule has 1 N–H and O–H groups in total. The van der Waals surface area contributed by atoms with Crippen LogP contribution in [0.3, 0.4) is 0 Å². The normalized spacial score (nSPS) is 21.0. The number of hydrogen-bond acceptors (Lipinski definition) is 4. The number of carbonyl (C=O) groups excluding carboxylic acids is 1. The largest absolute Gasteiger partial charge is 0.454 e. The third kappa shape index (κ3) is 2.90. The van der Waals surface area contributed by atoms with E-state index < -0.39 is 0 Å². The topological polar surface area (TPSA) is 47.6 Å². The van der Waals surface area contributed by atoms with E-state index in [9.17, 15) is 4.79 Å². The zero-order chi connectivity index (χ0) is 21.3. The maximum atomic E-state index is 13.5. The van der Waals surface area contributed by atoms with Gasteiger partial charge in [0, 0.05) is 33.5 Å². The molecule has 0 radical (unpaired) electrons. The van der Waals surface area contributed by atoms with Crippen LogP contribution in [0.4, 0.5) is 5.69 Å². The van der Waals surface area contributed by atoms with Crippen LogP contribution in [0.15, 0.2) is 64.3 Å². The molecule has 4 nitrogen and oxygen atoms in total. The molecular formula is C26H22BrNO3. The second kappa shape index (κ2) is 6.60. The predicted octanol–water partition coefficient (Wildman–Crippen LogP) is 6.53. The maximum Gasteiger partial charge on any atom is 0.231 e. The Balaban J connectivity index is 1.64. The van der Waals surface area contributed by atoms with Crippen LogP contribution in [0, 0.1) is 5.41 Å². The Morgan fingerprint density at radius 1 is 1.00 bits per heavy atom. The quantitative estimate of drug-likeness (QED) is 0.434. The van der Waals surface area contributed by atoms with Crippen LogP contribution >= 0.6 is 15.9 Å². The van der Waals surface area contributed by atoms with Gasteiger partial charge in [0.2, 0.25) is 6.79 Å². The van der Waals surface area contributed by atoms with Crippen molar-refractivity contribution in [3.05, 3.63) is 75.4 Å². The molecule has 0 fully saturated rings. The Morgan fingerprint density at radius 2 is 1.77 bits per heavy atom. The van der Waals surface area contributed by atoms with E-state index in [1.54, 1.807) is 0 Å². The van der Waals surface area contributed by atoms with Crippen LogP contribution in [-0.4, -0.2) is 12.6 Å². The molecule has 31 heavy (non-hydrogen) atoms. The number of benzene rings is 3. The van der Waals surface area contributed by atoms with E-state index >= 15 is 0 Å². The minimum absolute atomic E-state index is 0.0678. The molecule has 1 unspecified atom stereocenters. The minimum atomic E-state index is -0.164. The van der Waals surface area contributed by atoms with E-state index in [1.165, 1.54) is 10.8 Å². The predicted molar refractivity (Wildman–Crippen MR) is 125 cm³/mol. The molecule has 0 saturated heterocycles. The first-order valence-electron chi connectivity index (χ1n) is 10.6. The van der Waals surface area contributed by atoms with Crippen molar-refractivity contribution in [2.45, 2.75) is 32.6 Å². The first kappa shape index (κ1) is 18.9. The number of allylic oxidation sites excluding steroid dienone is 2. The van der Waals surface area contributed by atoms with E-state index in [2.05, 4.69) is 71.5 Å². The number of rotatable bonds is 1. The van der Waals surface area contributed by atoms with Crippen molar-refractivity contribution < 1.29 is 14.3 Å². The summed E-state index contributed by atoms with van der Waals surface area (Å²) in [5.74, 6) is 1.51. The number of carbonyl (C=O) groups is 1. The first-order valence-corrected chi connectivity index (χ1v) is 11.3. The van der Waals surface area contributed by atoms with Gasteiger partial charge in [-0.25, -0.2) is 0 Å². The Morgan fingerprint density at radius 3 is 2.61 bits per heavy atom. The van der Waals surface area contributed by atoms with Gasteiger partial charge in [0.05, 0.1) is 5.69 Å². The van der Waals surface area contributed by atoms with Gasteiger partial charge in [0.1, 0.15) is 0 Å². The molecular weight excluding hydrogens is 454 g/mol. The highest BCUT2D eigenvalue weighted by Crippen LogP contribution is 2.53. The van der Waals surface area contributed by atoms with Gasteiger partial charge in [-0.1, -0.05) is 66.2 Å². The summed E-state index contributed by atoms with van der Waals surface area (Å²) in [6.45, 7) is 4.56. The minimum Gasteiger partial charge on any atom is -0.454 e. The smallest absolute Gasteiger partial charge is 0.231 e. The van der Waals surface area contributed by atoms with Crippen molar-refractivity contribution in [3.8, 4) is 11.5 Å². The van der Waals surface area contributed by atoms with Crippen molar-refractivity contribution in [2.75, 3.05) is 12.1 Å². The van der Waals surface area contributed by atoms with Gasteiger partial charge in [-0.05, 0) is 40.5 Å². The van der Waals surface area contributed by atoms with Gasteiger partial charge in [0.15, 0.2) is 17.3 Å². The Hall–Kier alpha value is -2.79. The number of Topliss-reactive ketones (excluding diaryl/α,β-unsaturated/α-hetero) is 1. The zero-order valence-corrected chi connectivity index (χ0v) is 19.0. The van der Waals surface area contributed by atoms with Crippen LogP contribution in [-0.2, 0) is 4.79 Å².